The Bertz CT molecular complexity index is 349. The van der Waals surface area contributed by atoms with Crippen molar-refractivity contribution in [1.29, 1.82) is 0 Å². The first-order chi connectivity index (χ1) is 7.85. The highest BCUT2D eigenvalue weighted by atomic mass is 16.5. The molecule has 2 nitrogen and oxygen atoms in total. The summed E-state index contributed by atoms with van der Waals surface area (Å²) in [6, 6.07) is 7.09. The van der Waals surface area contributed by atoms with Crippen molar-refractivity contribution in [3.8, 4) is 5.75 Å². The van der Waals surface area contributed by atoms with Gasteiger partial charge in [-0.1, -0.05) is 19.9 Å². The molecule has 0 saturated carbocycles. The van der Waals surface area contributed by atoms with Crippen molar-refractivity contribution in [2.75, 3.05) is 13.2 Å². The Hall–Kier alpha value is -1.02. The topological polar surface area (TPSA) is 21.3 Å². The van der Waals surface area contributed by atoms with E-state index in [9.17, 15) is 0 Å². The van der Waals surface area contributed by atoms with Crippen LogP contribution in [0.5, 0.6) is 5.75 Å². The van der Waals surface area contributed by atoms with E-state index >= 15 is 0 Å². The molecule has 0 amide bonds. The Morgan fingerprint density at radius 2 is 2.25 bits per heavy atom. The molecule has 0 radical (unpaired) electrons. The van der Waals surface area contributed by atoms with Gasteiger partial charge in [-0.05, 0) is 49.1 Å². The summed E-state index contributed by atoms with van der Waals surface area (Å²) in [6.07, 6.45) is 3.47. The molecular weight excluding hydrogens is 198 g/mol. The van der Waals surface area contributed by atoms with Gasteiger partial charge >= 0.3 is 0 Å². The summed E-state index contributed by atoms with van der Waals surface area (Å²) >= 11 is 0. The maximum absolute atomic E-state index is 5.66. The van der Waals surface area contributed by atoms with E-state index in [0.717, 1.165) is 25.3 Å². The first kappa shape index (κ1) is 11.5. The van der Waals surface area contributed by atoms with Gasteiger partial charge in [0, 0.05) is 6.04 Å². The van der Waals surface area contributed by atoms with Gasteiger partial charge in [-0.2, -0.15) is 0 Å². The second-order valence-corrected chi connectivity index (χ2v) is 4.36. The van der Waals surface area contributed by atoms with Gasteiger partial charge in [-0.3, -0.25) is 0 Å². The SMILES string of the molecule is CCCOc1ccc2c(c1)CCC2NCC. The average Bonchev–Trinajstić information content (AvgIpc) is 2.70. The van der Waals surface area contributed by atoms with Crippen molar-refractivity contribution >= 4 is 0 Å². The Balaban J connectivity index is 2.09. The Morgan fingerprint density at radius 1 is 1.38 bits per heavy atom. The van der Waals surface area contributed by atoms with Gasteiger partial charge in [0.1, 0.15) is 5.75 Å². The third-order valence-corrected chi connectivity index (χ3v) is 3.12. The van der Waals surface area contributed by atoms with E-state index in [1.807, 2.05) is 0 Å². The van der Waals surface area contributed by atoms with E-state index in [1.54, 1.807) is 0 Å². The normalized spacial score (nSPS) is 18.5. The van der Waals surface area contributed by atoms with Crippen LogP contribution in [0, 0.1) is 0 Å². The Morgan fingerprint density at radius 3 is 3.00 bits per heavy atom. The molecule has 2 heteroatoms. The lowest BCUT2D eigenvalue weighted by Crippen LogP contribution is -2.18. The summed E-state index contributed by atoms with van der Waals surface area (Å²) in [6.45, 7) is 6.15. The molecule has 1 aliphatic rings. The van der Waals surface area contributed by atoms with Crippen LogP contribution < -0.4 is 10.1 Å². The molecule has 0 heterocycles. The lowest BCUT2D eigenvalue weighted by Gasteiger charge is -2.13. The zero-order valence-electron chi connectivity index (χ0n) is 10.3. The van der Waals surface area contributed by atoms with Crippen LogP contribution in [0.15, 0.2) is 18.2 Å². The highest BCUT2D eigenvalue weighted by Crippen LogP contribution is 2.33. The maximum atomic E-state index is 5.66. The van der Waals surface area contributed by atoms with Crippen molar-refractivity contribution in [2.24, 2.45) is 0 Å². The number of nitrogens with one attached hydrogen (secondary N) is 1. The fourth-order valence-electron chi connectivity index (χ4n) is 2.36. The smallest absolute Gasteiger partial charge is 0.119 e. The Kier molecular flexibility index (Phi) is 3.83. The van der Waals surface area contributed by atoms with Crippen LogP contribution in [-0.2, 0) is 6.42 Å². The number of fused-ring (bicyclic) bond motifs is 1. The number of aryl methyl sites for hydroxylation is 1. The summed E-state index contributed by atoms with van der Waals surface area (Å²) in [4.78, 5) is 0. The van der Waals surface area contributed by atoms with Crippen molar-refractivity contribution in [3.05, 3.63) is 29.3 Å². The minimum Gasteiger partial charge on any atom is -0.494 e. The van der Waals surface area contributed by atoms with E-state index in [-0.39, 0.29) is 0 Å². The summed E-state index contributed by atoms with van der Waals surface area (Å²) < 4.78 is 5.66. The maximum Gasteiger partial charge on any atom is 0.119 e. The van der Waals surface area contributed by atoms with E-state index in [2.05, 4.69) is 37.4 Å². The van der Waals surface area contributed by atoms with Gasteiger partial charge in [0.2, 0.25) is 0 Å². The highest BCUT2D eigenvalue weighted by molar-refractivity contribution is 5.40. The van der Waals surface area contributed by atoms with Crippen molar-refractivity contribution < 1.29 is 4.74 Å². The van der Waals surface area contributed by atoms with Crippen LogP contribution in [0.3, 0.4) is 0 Å². The molecule has 1 atom stereocenters. The number of rotatable bonds is 5. The Labute approximate surface area is 98.0 Å². The number of hydrogen-bond acceptors (Lipinski definition) is 2. The molecule has 1 aliphatic carbocycles. The van der Waals surface area contributed by atoms with Gasteiger partial charge in [0.25, 0.3) is 0 Å². The zero-order chi connectivity index (χ0) is 11.4. The molecule has 0 spiro atoms. The van der Waals surface area contributed by atoms with E-state index < -0.39 is 0 Å². The fourth-order valence-corrected chi connectivity index (χ4v) is 2.36. The first-order valence-electron chi connectivity index (χ1n) is 6.34. The largest absolute Gasteiger partial charge is 0.494 e. The van der Waals surface area contributed by atoms with Crippen molar-refractivity contribution in [1.82, 2.24) is 5.32 Å². The lowest BCUT2D eigenvalue weighted by atomic mass is 10.1. The van der Waals surface area contributed by atoms with Gasteiger partial charge < -0.3 is 10.1 Å². The van der Waals surface area contributed by atoms with E-state index in [1.165, 1.54) is 24.0 Å². The third kappa shape index (κ3) is 2.38. The van der Waals surface area contributed by atoms with Crippen molar-refractivity contribution in [2.45, 2.75) is 39.2 Å². The van der Waals surface area contributed by atoms with Crippen LogP contribution in [-0.4, -0.2) is 13.2 Å². The number of hydrogen-bond donors (Lipinski definition) is 1. The molecule has 1 N–H and O–H groups in total. The van der Waals surface area contributed by atoms with Crippen molar-refractivity contribution in [3.63, 3.8) is 0 Å². The first-order valence-corrected chi connectivity index (χ1v) is 6.34. The van der Waals surface area contributed by atoms with Gasteiger partial charge in [0.05, 0.1) is 6.61 Å². The molecular formula is C14H21NO. The molecule has 2 rings (SSSR count). The second-order valence-electron chi connectivity index (χ2n) is 4.36. The predicted octanol–water partition coefficient (Wildman–Crippen LogP) is 3.07. The van der Waals surface area contributed by atoms with Gasteiger partial charge in [-0.15, -0.1) is 0 Å². The van der Waals surface area contributed by atoms with Gasteiger partial charge in [-0.25, -0.2) is 0 Å². The zero-order valence-corrected chi connectivity index (χ0v) is 10.3. The van der Waals surface area contributed by atoms with Crippen LogP contribution in [0.25, 0.3) is 0 Å². The number of benzene rings is 1. The van der Waals surface area contributed by atoms with E-state index in [4.69, 9.17) is 4.74 Å². The predicted molar refractivity (Wildman–Crippen MR) is 67.0 cm³/mol. The highest BCUT2D eigenvalue weighted by Gasteiger charge is 2.21. The molecule has 0 bridgehead atoms. The molecule has 0 fully saturated rings. The van der Waals surface area contributed by atoms with Crippen LogP contribution in [0.4, 0.5) is 0 Å². The number of ether oxygens (including phenoxy) is 1. The average molecular weight is 219 g/mol. The molecule has 1 aromatic carbocycles. The lowest BCUT2D eigenvalue weighted by molar-refractivity contribution is 0.317. The van der Waals surface area contributed by atoms with E-state index in [0.29, 0.717) is 6.04 Å². The fraction of sp³-hybridized carbons (Fsp3) is 0.571. The van der Waals surface area contributed by atoms with Crippen LogP contribution >= 0.6 is 0 Å². The molecule has 0 aromatic heterocycles. The second kappa shape index (κ2) is 5.35. The molecule has 0 aliphatic heterocycles. The van der Waals surface area contributed by atoms with Crippen LogP contribution in [0.1, 0.15) is 43.9 Å². The summed E-state index contributed by atoms with van der Waals surface area (Å²) in [5.41, 5.74) is 2.92. The standard InChI is InChI=1S/C14H21NO/c1-3-9-16-12-6-7-13-11(10-12)5-8-14(13)15-4-2/h6-7,10,14-15H,3-5,8-9H2,1-2H3. The summed E-state index contributed by atoms with van der Waals surface area (Å²) in [7, 11) is 0. The van der Waals surface area contributed by atoms with Crippen LogP contribution in [0.2, 0.25) is 0 Å². The quantitative estimate of drug-likeness (QED) is 0.821. The summed E-state index contributed by atoms with van der Waals surface area (Å²) in [5, 5.41) is 3.52. The minimum absolute atomic E-state index is 0.556. The minimum atomic E-state index is 0.556. The molecule has 1 aromatic rings. The molecule has 16 heavy (non-hydrogen) atoms. The third-order valence-electron chi connectivity index (χ3n) is 3.12. The monoisotopic (exact) mass is 219 g/mol. The summed E-state index contributed by atoms with van der Waals surface area (Å²) in [5.74, 6) is 1.03. The van der Waals surface area contributed by atoms with Gasteiger partial charge in [0.15, 0.2) is 0 Å². The molecule has 88 valence electrons. The molecule has 0 saturated heterocycles. The molecule has 1 unspecified atom stereocenters.